The van der Waals surface area contributed by atoms with Crippen molar-refractivity contribution in [3.8, 4) is 29.1 Å². The van der Waals surface area contributed by atoms with Crippen molar-refractivity contribution in [1.82, 2.24) is 4.48 Å². The normalized spacial score (nSPS) is 14.5. The summed E-state index contributed by atoms with van der Waals surface area (Å²) in [5.74, 6) is 7.18. The van der Waals surface area contributed by atoms with Crippen LogP contribution < -0.4 is 19.5 Å². The monoisotopic (exact) mass is 633 g/mol. The van der Waals surface area contributed by atoms with Crippen LogP contribution in [0.4, 0.5) is 14.3 Å². The molecule has 3 aromatic carbocycles. The Balaban J connectivity index is 1.23. The zero-order valence-corrected chi connectivity index (χ0v) is 27.3. The van der Waals surface area contributed by atoms with Crippen LogP contribution in [0, 0.1) is 25.7 Å². The summed E-state index contributed by atoms with van der Waals surface area (Å²) in [5, 5.41) is 2.88. The van der Waals surface area contributed by atoms with Gasteiger partial charge in [-0.3, -0.25) is 4.79 Å². The second kappa shape index (κ2) is 12.0. The molecule has 0 radical (unpaired) electrons. The van der Waals surface area contributed by atoms with Crippen molar-refractivity contribution < 1.29 is 32.1 Å². The van der Waals surface area contributed by atoms with Gasteiger partial charge in [-0.1, -0.05) is 24.0 Å². The molecule has 1 aromatic heterocycles. The second-order valence-electron chi connectivity index (χ2n) is 11.6. The van der Waals surface area contributed by atoms with Gasteiger partial charge in [0.05, 0.1) is 26.9 Å². The summed E-state index contributed by atoms with van der Waals surface area (Å²) in [6, 6.07) is 19.9. The molecule has 0 bridgehead atoms. The summed E-state index contributed by atoms with van der Waals surface area (Å²) in [7, 11) is 4.49. The lowest BCUT2D eigenvalue weighted by Crippen LogP contribution is -2.51. The number of hydrogen-bond donors (Lipinski definition) is 1. The Morgan fingerprint density at radius 3 is 1.96 bits per heavy atom. The SMILES string of the molecule is COc1cc(C(=O)Nc2ccc(C#Cc3ccc(C4=C5C(C)=CC(C)=[N+]5[B-](F)(F)n5c(C)cc(C)c54)cc3)cc2)cc(OC)c1OC. The average molecular weight is 634 g/mol. The standard InChI is InChI=1S/C37H34BF2N3O4/c1-22-18-24(3)42-34(22)33(35-23(2)19-25(4)43(35)38(42,39)40)28-14-10-26(11-15-28)8-9-27-12-16-30(17-13-27)41-37(44)29-20-31(45-5)36(47-7)32(21-29)46-6/h10-21H,1-7H3,(H,41,44). The van der Waals surface area contributed by atoms with E-state index in [-0.39, 0.29) is 5.91 Å². The number of nitrogens with one attached hydrogen (secondary N) is 1. The minimum Gasteiger partial charge on any atom is -0.493 e. The first-order chi connectivity index (χ1) is 22.5. The molecule has 2 aliphatic heterocycles. The number of rotatable bonds is 6. The maximum atomic E-state index is 15.9. The number of aryl methyl sites for hydroxylation is 2. The van der Waals surface area contributed by atoms with Crippen LogP contribution >= 0.6 is 0 Å². The number of nitrogens with zero attached hydrogens (tertiary/aromatic N) is 2. The van der Waals surface area contributed by atoms with Crippen LogP contribution in [-0.4, -0.2) is 48.9 Å². The van der Waals surface area contributed by atoms with Gasteiger partial charge in [0.25, 0.3) is 5.91 Å². The molecule has 0 saturated carbocycles. The summed E-state index contributed by atoms with van der Waals surface area (Å²) >= 11 is 0. The molecule has 1 amide bonds. The predicted octanol–water partition coefficient (Wildman–Crippen LogP) is 7.21. The van der Waals surface area contributed by atoms with E-state index in [0.717, 1.165) is 33.4 Å². The van der Waals surface area contributed by atoms with Gasteiger partial charge in [0, 0.05) is 46.6 Å². The summed E-state index contributed by atoms with van der Waals surface area (Å²) in [4.78, 5) is 13.0. The summed E-state index contributed by atoms with van der Waals surface area (Å²) in [5.41, 5.74) is 7.93. The van der Waals surface area contributed by atoms with E-state index in [0.29, 0.717) is 51.3 Å². The third-order valence-electron chi connectivity index (χ3n) is 8.53. The Hall–Kier alpha value is -5.56. The van der Waals surface area contributed by atoms with Crippen LogP contribution in [0.15, 0.2) is 84.1 Å². The number of halogens is 2. The molecule has 3 heterocycles. The maximum absolute atomic E-state index is 15.9. The molecule has 4 aromatic rings. The number of hydrogen-bond acceptors (Lipinski definition) is 4. The summed E-state index contributed by atoms with van der Waals surface area (Å²) < 4.78 is 50.3. The average Bonchev–Trinajstić information content (AvgIpc) is 3.54. The summed E-state index contributed by atoms with van der Waals surface area (Å²) in [6.45, 7) is 3.21. The van der Waals surface area contributed by atoms with Crippen LogP contribution in [0.1, 0.15) is 57.8 Å². The number of anilines is 1. The van der Waals surface area contributed by atoms with E-state index in [4.69, 9.17) is 14.2 Å². The fraction of sp³-hybridized carbons (Fsp3) is 0.189. The molecular formula is C37H34BF2N3O4. The topological polar surface area (TPSA) is 64.7 Å². The minimum atomic E-state index is -4.02. The first-order valence-electron chi connectivity index (χ1n) is 15.1. The third kappa shape index (κ3) is 5.38. The smallest absolute Gasteiger partial charge is 0.493 e. The minimum absolute atomic E-state index is 0.334. The van der Waals surface area contributed by atoms with Crippen molar-refractivity contribution >= 4 is 29.8 Å². The molecular weight excluding hydrogens is 599 g/mol. The van der Waals surface area contributed by atoms with Gasteiger partial charge >= 0.3 is 6.97 Å². The van der Waals surface area contributed by atoms with E-state index in [1.54, 1.807) is 38.1 Å². The predicted molar refractivity (Wildman–Crippen MR) is 181 cm³/mol. The second-order valence-corrected chi connectivity index (χ2v) is 11.6. The number of benzene rings is 3. The maximum Gasteiger partial charge on any atom is 0.737 e. The molecule has 0 atom stereocenters. The molecule has 47 heavy (non-hydrogen) atoms. The lowest BCUT2D eigenvalue weighted by Gasteiger charge is -2.34. The highest BCUT2D eigenvalue weighted by molar-refractivity contribution is 6.58. The van der Waals surface area contributed by atoms with Crippen molar-refractivity contribution in [2.75, 3.05) is 26.6 Å². The van der Waals surface area contributed by atoms with Crippen LogP contribution in [0.2, 0.25) is 0 Å². The Morgan fingerprint density at radius 1 is 0.830 bits per heavy atom. The fourth-order valence-corrected chi connectivity index (χ4v) is 6.49. The molecule has 1 N–H and O–H groups in total. The quantitative estimate of drug-likeness (QED) is 0.180. The first-order valence-corrected chi connectivity index (χ1v) is 15.1. The number of carbonyl (C=O) groups excluding carboxylic acids is 1. The highest BCUT2D eigenvalue weighted by Crippen LogP contribution is 2.44. The number of amides is 1. The molecule has 0 unspecified atom stereocenters. The van der Waals surface area contributed by atoms with Gasteiger partial charge in [-0.25, -0.2) is 0 Å². The van der Waals surface area contributed by atoms with Crippen molar-refractivity contribution in [1.29, 1.82) is 0 Å². The van der Waals surface area contributed by atoms with Gasteiger partial charge in [0.15, 0.2) is 17.2 Å². The van der Waals surface area contributed by atoms with Gasteiger partial charge in [-0.2, -0.15) is 0 Å². The number of fused-ring (bicyclic) bond motifs is 2. The fourth-order valence-electron chi connectivity index (χ4n) is 6.49. The molecule has 0 saturated heterocycles. The molecule has 7 nitrogen and oxygen atoms in total. The molecule has 10 heteroatoms. The van der Waals surface area contributed by atoms with Crippen LogP contribution in [0.5, 0.6) is 17.2 Å². The van der Waals surface area contributed by atoms with E-state index in [1.165, 1.54) is 30.3 Å². The van der Waals surface area contributed by atoms with Crippen LogP contribution in [0.25, 0.3) is 5.57 Å². The van der Waals surface area contributed by atoms with E-state index >= 15 is 8.63 Å². The lowest BCUT2D eigenvalue weighted by molar-refractivity contribution is -0.363. The van der Waals surface area contributed by atoms with Crippen LogP contribution in [0.3, 0.4) is 0 Å². The number of allylic oxidation sites excluding steroid dienone is 2. The number of aromatic nitrogens is 1. The Bertz CT molecular complexity index is 2070. The molecule has 2 aliphatic rings. The van der Waals surface area contributed by atoms with Gasteiger partial charge in [0.1, 0.15) is 5.71 Å². The van der Waals surface area contributed by atoms with Crippen molar-refractivity contribution in [2.45, 2.75) is 27.7 Å². The number of methoxy groups -OCH3 is 3. The largest absolute Gasteiger partial charge is 0.737 e. The van der Waals surface area contributed by atoms with Crippen molar-refractivity contribution in [3.05, 3.63) is 123 Å². The highest BCUT2D eigenvalue weighted by atomic mass is 19.2. The lowest BCUT2D eigenvalue weighted by atomic mass is 9.83. The van der Waals surface area contributed by atoms with Gasteiger partial charge in [-0.05, 0) is 92.2 Å². The highest BCUT2D eigenvalue weighted by Gasteiger charge is 2.55. The third-order valence-corrected chi connectivity index (χ3v) is 8.53. The number of carbonyl (C=O) groups is 1. The number of ether oxygens (including phenoxy) is 3. The molecule has 0 spiro atoms. The van der Waals surface area contributed by atoms with E-state index in [2.05, 4.69) is 17.2 Å². The Labute approximate surface area is 272 Å². The summed E-state index contributed by atoms with van der Waals surface area (Å²) in [6.07, 6.45) is 1.83. The van der Waals surface area contributed by atoms with E-state index in [1.807, 2.05) is 62.4 Å². The van der Waals surface area contributed by atoms with Gasteiger partial charge in [0.2, 0.25) is 5.75 Å². The van der Waals surface area contributed by atoms with E-state index in [9.17, 15) is 4.79 Å². The van der Waals surface area contributed by atoms with Crippen molar-refractivity contribution in [3.63, 3.8) is 0 Å². The van der Waals surface area contributed by atoms with Gasteiger partial charge in [-0.15, -0.1) is 0 Å². The Morgan fingerprint density at radius 2 is 1.40 bits per heavy atom. The first kappa shape index (κ1) is 31.4. The van der Waals surface area contributed by atoms with Gasteiger partial charge < -0.3 is 37.1 Å². The zero-order valence-electron chi connectivity index (χ0n) is 27.3. The van der Waals surface area contributed by atoms with Crippen molar-refractivity contribution in [2.24, 2.45) is 0 Å². The molecule has 238 valence electrons. The van der Waals surface area contributed by atoms with E-state index < -0.39 is 6.97 Å². The Kier molecular flexibility index (Phi) is 8.02. The molecule has 6 rings (SSSR count). The molecule has 0 fully saturated rings. The van der Waals surface area contributed by atoms with Crippen LogP contribution in [-0.2, 0) is 0 Å². The zero-order chi connectivity index (χ0) is 33.6. The molecule has 0 aliphatic carbocycles.